The van der Waals surface area contributed by atoms with Crippen molar-refractivity contribution in [3.8, 4) is 0 Å². The Morgan fingerprint density at radius 2 is 1.83 bits per heavy atom. The third-order valence-corrected chi connectivity index (χ3v) is 4.36. The van der Waals surface area contributed by atoms with Crippen LogP contribution in [0.3, 0.4) is 0 Å². The fourth-order valence-corrected chi connectivity index (χ4v) is 3.27. The molecule has 1 rings (SSSR count). The summed E-state index contributed by atoms with van der Waals surface area (Å²) in [5, 5.41) is 12.2. The average Bonchev–Trinajstić information content (AvgIpc) is 2.46. The molecule has 6 heteroatoms. The maximum Gasteiger partial charge on any atom is 0.407 e. The monoisotopic (exact) mass is 343 g/mol. The van der Waals surface area contributed by atoms with Crippen LogP contribution in [0.1, 0.15) is 66.2 Å². The summed E-state index contributed by atoms with van der Waals surface area (Å²) < 4.78 is 10.3. The Labute approximate surface area is 145 Å². The minimum atomic E-state index is -0.537. The first-order valence-corrected chi connectivity index (χ1v) is 9.01. The lowest BCUT2D eigenvalue weighted by Crippen LogP contribution is -2.44. The molecule has 1 unspecified atom stereocenters. The van der Waals surface area contributed by atoms with E-state index in [9.17, 15) is 14.7 Å². The van der Waals surface area contributed by atoms with Gasteiger partial charge in [-0.15, -0.1) is 0 Å². The molecule has 0 saturated heterocycles. The maximum atomic E-state index is 12.0. The lowest BCUT2D eigenvalue weighted by molar-refractivity contribution is -0.144. The number of aliphatic hydroxyl groups excluding tert-OH is 1. The molecular weight excluding hydrogens is 310 g/mol. The predicted octanol–water partition coefficient (Wildman–Crippen LogP) is 3.02. The number of nitrogens with one attached hydrogen (secondary N) is 1. The van der Waals surface area contributed by atoms with E-state index in [4.69, 9.17) is 9.47 Å². The van der Waals surface area contributed by atoms with Crippen molar-refractivity contribution in [1.82, 2.24) is 5.32 Å². The van der Waals surface area contributed by atoms with Gasteiger partial charge in [-0.3, -0.25) is 4.79 Å². The summed E-state index contributed by atoms with van der Waals surface area (Å²) in [5.41, 5.74) is -0.537. The third kappa shape index (κ3) is 7.99. The van der Waals surface area contributed by atoms with Gasteiger partial charge in [-0.25, -0.2) is 4.79 Å². The van der Waals surface area contributed by atoms with Gasteiger partial charge in [-0.05, 0) is 71.6 Å². The quantitative estimate of drug-likeness (QED) is 0.694. The molecule has 0 aromatic rings. The number of ether oxygens (including phenoxy) is 2. The Hall–Kier alpha value is -1.30. The van der Waals surface area contributed by atoms with Crippen molar-refractivity contribution in [2.45, 2.75) is 77.9 Å². The highest BCUT2D eigenvalue weighted by Crippen LogP contribution is 2.33. The largest absolute Gasteiger partial charge is 0.466 e. The Balaban J connectivity index is 2.47. The third-order valence-electron chi connectivity index (χ3n) is 4.36. The van der Waals surface area contributed by atoms with Gasteiger partial charge in [0, 0.05) is 19.1 Å². The standard InChI is InChI=1S/C18H33NO5/c1-5-23-16(21)12-13-6-8-14(9-7-13)15(10-11-20)19-17(22)24-18(2,3)4/h13-15,20H,5-12H2,1-4H3,(H,19,22). The Kier molecular flexibility index (Phi) is 8.53. The van der Waals surface area contributed by atoms with Gasteiger partial charge in [-0.1, -0.05) is 0 Å². The maximum absolute atomic E-state index is 12.0. The highest BCUT2D eigenvalue weighted by Gasteiger charge is 2.30. The highest BCUT2D eigenvalue weighted by atomic mass is 16.6. The van der Waals surface area contributed by atoms with Crippen molar-refractivity contribution < 1.29 is 24.2 Å². The predicted molar refractivity (Wildman–Crippen MR) is 91.6 cm³/mol. The summed E-state index contributed by atoms with van der Waals surface area (Å²) in [6.45, 7) is 7.75. The molecule has 1 fully saturated rings. The van der Waals surface area contributed by atoms with Crippen LogP contribution in [0, 0.1) is 11.8 Å². The molecule has 0 aliphatic heterocycles. The van der Waals surface area contributed by atoms with Crippen molar-refractivity contribution in [3.05, 3.63) is 0 Å². The molecule has 0 radical (unpaired) electrons. The fraction of sp³-hybridized carbons (Fsp3) is 0.889. The molecule has 1 aliphatic carbocycles. The van der Waals surface area contributed by atoms with E-state index in [0.717, 1.165) is 25.7 Å². The number of carbonyl (C=O) groups excluding carboxylic acids is 2. The van der Waals surface area contributed by atoms with Gasteiger partial charge in [0.1, 0.15) is 5.60 Å². The van der Waals surface area contributed by atoms with E-state index in [0.29, 0.717) is 31.3 Å². The first kappa shape index (κ1) is 20.7. The topological polar surface area (TPSA) is 84.9 Å². The molecule has 0 heterocycles. The van der Waals surface area contributed by atoms with E-state index in [1.807, 2.05) is 27.7 Å². The van der Waals surface area contributed by atoms with E-state index < -0.39 is 11.7 Å². The van der Waals surface area contributed by atoms with Gasteiger partial charge in [0.25, 0.3) is 0 Å². The van der Waals surface area contributed by atoms with Crippen LogP contribution in [0.5, 0.6) is 0 Å². The molecule has 1 aliphatic rings. The number of alkyl carbamates (subject to hydrolysis) is 1. The molecule has 1 atom stereocenters. The summed E-state index contributed by atoms with van der Waals surface area (Å²) in [4.78, 5) is 23.6. The van der Waals surface area contributed by atoms with Gasteiger partial charge in [0.2, 0.25) is 0 Å². The van der Waals surface area contributed by atoms with Crippen molar-refractivity contribution >= 4 is 12.1 Å². The molecule has 0 bridgehead atoms. The number of aliphatic hydroxyl groups is 1. The Morgan fingerprint density at radius 1 is 1.21 bits per heavy atom. The normalized spacial score (nSPS) is 22.5. The summed E-state index contributed by atoms with van der Waals surface area (Å²) in [6.07, 6.45) is 4.32. The smallest absolute Gasteiger partial charge is 0.407 e. The molecule has 2 N–H and O–H groups in total. The molecular formula is C18H33NO5. The minimum absolute atomic E-state index is 0.0310. The highest BCUT2D eigenvalue weighted by molar-refractivity contribution is 5.69. The van der Waals surface area contributed by atoms with Crippen molar-refractivity contribution in [2.75, 3.05) is 13.2 Å². The summed E-state index contributed by atoms with van der Waals surface area (Å²) in [5.74, 6) is 0.541. The van der Waals surface area contributed by atoms with Crippen LogP contribution in [0.15, 0.2) is 0 Å². The van der Waals surface area contributed by atoms with Gasteiger partial charge in [0.05, 0.1) is 6.61 Å². The van der Waals surface area contributed by atoms with E-state index in [1.54, 1.807) is 0 Å². The van der Waals surface area contributed by atoms with Crippen molar-refractivity contribution in [1.29, 1.82) is 0 Å². The zero-order chi connectivity index (χ0) is 18.2. The fourth-order valence-electron chi connectivity index (χ4n) is 3.27. The molecule has 6 nitrogen and oxygen atoms in total. The molecule has 0 aromatic carbocycles. The first-order valence-electron chi connectivity index (χ1n) is 9.01. The van der Waals surface area contributed by atoms with E-state index in [-0.39, 0.29) is 18.6 Å². The molecule has 140 valence electrons. The van der Waals surface area contributed by atoms with Gasteiger partial charge < -0.3 is 19.9 Å². The molecule has 1 amide bonds. The van der Waals surface area contributed by atoms with Crippen LogP contribution in [0.4, 0.5) is 4.79 Å². The lowest BCUT2D eigenvalue weighted by atomic mass is 9.76. The number of hydrogen-bond donors (Lipinski definition) is 2. The average molecular weight is 343 g/mol. The second-order valence-electron chi connectivity index (χ2n) is 7.55. The molecule has 24 heavy (non-hydrogen) atoms. The number of carbonyl (C=O) groups is 2. The first-order chi connectivity index (χ1) is 11.2. The van der Waals surface area contributed by atoms with Crippen LogP contribution in [0.25, 0.3) is 0 Å². The minimum Gasteiger partial charge on any atom is -0.466 e. The molecule has 0 aromatic heterocycles. The van der Waals surface area contributed by atoms with Crippen LogP contribution in [0.2, 0.25) is 0 Å². The van der Waals surface area contributed by atoms with E-state index in [2.05, 4.69) is 5.32 Å². The number of hydrogen-bond acceptors (Lipinski definition) is 5. The second kappa shape index (κ2) is 9.87. The van der Waals surface area contributed by atoms with E-state index in [1.165, 1.54) is 0 Å². The van der Waals surface area contributed by atoms with Gasteiger partial charge >= 0.3 is 12.1 Å². The zero-order valence-electron chi connectivity index (χ0n) is 15.5. The second-order valence-corrected chi connectivity index (χ2v) is 7.55. The number of amides is 1. The van der Waals surface area contributed by atoms with Crippen LogP contribution in [-0.2, 0) is 14.3 Å². The van der Waals surface area contributed by atoms with Crippen LogP contribution < -0.4 is 5.32 Å². The van der Waals surface area contributed by atoms with Crippen LogP contribution in [-0.4, -0.2) is 42.0 Å². The van der Waals surface area contributed by atoms with Gasteiger partial charge in [-0.2, -0.15) is 0 Å². The number of esters is 1. The van der Waals surface area contributed by atoms with E-state index >= 15 is 0 Å². The Bertz CT molecular complexity index is 397. The zero-order valence-corrected chi connectivity index (χ0v) is 15.5. The van der Waals surface area contributed by atoms with Gasteiger partial charge in [0.15, 0.2) is 0 Å². The lowest BCUT2D eigenvalue weighted by Gasteiger charge is -2.34. The SMILES string of the molecule is CCOC(=O)CC1CCC(C(CCO)NC(=O)OC(C)(C)C)CC1. The summed E-state index contributed by atoms with van der Waals surface area (Å²) in [6, 6.07) is -0.0895. The van der Waals surface area contributed by atoms with Crippen LogP contribution >= 0.6 is 0 Å². The molecule has 1 saturated carbocycles. The van der Waals surface area contributed by atoms with Crippen molar-refractivity contribution in [3.63, 3.8) is 0 Å². The Morgan fingerprint density at radius 3 is 2.33 bits per heavy atom. The molecule has 0 spiro atoms. The number of rotatable bonds is 7. The summed E-state index contributed by atoms with van der Waals surface area (Å²) >= 11 is 0. The van der Waals surface area contributed by atoms with Crippen molar-refractivity contribution in [2.24, 2.45) is 11.8 Å². The summed E-state index contributed by atoms with van der Waals surface area (Å²) in [7, 11) is 0.